The number of likely N-dealkylation sites (tertiary alicyclic amines) is 1. The Labute approximate surface area is 134 Å². The van der Waals surface area contributed by atoms with Gasteiger partial charge in [0, 0.05) is 31.2 Å². The van der Waals surface area contributed by atoms with Crippen molar-refractivity contribution >= 4 is 12.2 Å². The summed E-state index contributed by atoms with van der Waals surface area (Å²) < 4.78 is 3.42. The van der Waals surface area contributed by atoms with Crippen molar-refractivity contribution in [2.24, 2.45) is 5.92 Å². The number of hydrogen-bond donors (Lipinski definition) is 0. The molecule has 1 saturated heterocycles. The Morgan fingerprint density at radius 2 is 1.95 bits per heavy atom. The average molecular weight is 305 g/mol. The zero-order valence-corrected chi connectivity index (χ0v) is 14.1. The van der Waals surface area contributed by atoms with Crippen molar-refractivity contribution in [1.82, 2.24) is 9.47 Å². The van der Waals surface area contributed by atoms with Crippen LogP contribution in [0.5, 0.6) is 0 Å². The summed E-state index contributed by atoms with van der Waals surface area (Å²) in [6, 6.07) is 6.50. The Balaban J connectivity index is 1.59. The van der Waals surface area contributed by atoms with Crippen molar-refractivity contribution in [2.75, 3.05) is 19.6 Å². The summed E-state index contributed by atoms with van der Waals surface area (Å²) in [6.07, 6.45) is 8.30. The molecule has 2 nitrogen and oxygen atoms in total. The van der Waals surface area contributed by atoms with Crippen LogP contribution < -0.4 is 0 Å². The van der Waals surface area contributed by atoms with Crippen LogP contribution in [-0.2, 0) is 6.54 Å². The van der Waals surface area contributed by atoms with Gasteiger partial charge in [0.05, 0.1) is 0 Å². The minimum absolute atomic E-state index is 0.705. The first-order valence-electron chi connectivity index (χ1n) is 8.70. The molecular weight excluding hydrogens is 276 g/mol. The van der Waals surface area contributed by atoms with E-state index in [1.807, 2.05) is 0 Å². The van der Waals surface area contributed by atoms with Gasteiger partial charge in [0.15, 0.2) is 0 Å². The summed E-state index contributed by atoms with van der Waals surface area (Å²) in [7, 11) is 0. The quantitative estimate of drug-likeness (QED) is 0.560. The van der Waals surface area contributed by atoms with Crippen molar-refractivity contribution < 1.29 is 0 Å². The van der Waals surface area contributed by atoms with Crippen molar-refractivity contribution in [2.45, 2.75) is 57.9 Å². The molecule has 3 rings (SSSR count). The van der Waals surface area contributed by atoms with Crippen LogP contribution in [0.1, 0.15) is 57.1 Å². The Hall–Kier alpha value is -0.670. The van der Waals surface area contributed by atoms with Gasteiger partial charge in [-0.3, -0.25) is 0 Å². The molecular formula is C18H28N2S. The molecule has 1 aromatic heterocycles. The number of hydrogen-bond acceptors (Lipinski definition) is 2. The topological polar surface area (TPSA) is 8.17 Å². The standard InChI is InChI=1S/C18H28N2S/c1-2-3-4-5-6-10-19-12-15-11-16(14-19)17-8-7-9-18(21)20(17)13-15/h7-9,15-16H,2-6,10-14H2,1H3/t15-,16+/m0/s1. The largest absolute Gasteiger partial charge is 0.336 e. The minimum Gasteiger partial charge on any atom is -0.336 e. The van der Waals surface area contributed by atoms with Crippen molar-refractivity contribution in [3.63, 3.8) is 0 Å². The molecule has 116 valence electrons. The summed E-state index contributed by atoms with van der Waals surface area (Å²) >= 11 is 5.51. The number of fused-ring (bicyclic) bond motifs is 4. The molecule has 0 unspecified atom stereocenters. The normalized spacial score (nSPS) is 24.8. The molecule has 1 aromatic rings. The van der Waals surface area contributed by atoms with Gasteiger partial charge in [0.25, 0.3) is 0 Å². The van der Waals surface area contributed by atoms with E-state index in [-0.39, 0.29) is 0 Å². The van der Waals surface area contributed by atoms with Gasteiger partial charge in [-0.1, -0.05) is 50.9 Å². The van der Waals surface area contributed by atoms with Crippen LogP contribution in [0.15, 0.2) is 18.2 Å². The maximum Gasteiger partial charge on any atom is 0.106 e. The van der Waals surface area contributed by atoms with E-state index in [1.165, 1.54) is 63.9 Å². The van der Waals surface area contributed by atoms with Crippen LogP contribution in [0.2, 0.25) is 0 Å². The first kappa shape index (κ1) is 15.2. The van der Waals surface area contributed by atoms with Gasteiger partial charge >= 0.3 is 0 Å². The second-order valence-corrected chi connectivity index (χ2v) is 7.29. The van der Waals surface area contributed by atoms with Crippen LogP contribution >= 0.6 is 12.2 Å². The Morgan fingerprint density at radius 3 is 2.81 bits per heavy atom. The van der Waals surface area contributed by atoms with Crippen LogP contribution in [-0.4, -0.2) is 29.1 Å². The first-order valence-corrected chi connectivity index (χ1v) is 9.11. The molecule has 0 N–H and O–H groups in total. The zero-order valence-electron chi connectivity index (χ0n) is 13.3. The molecule has 2 atom stereocenters. The molecule has 0 saturated carbocycles. The van der Waals surface area contributed by atoms with Crippen LogP contribution in [0.25, 0.3) is 0 Å². The van der Waals surface area contributed by atoms with E-state index < -0.39 is 0 Å². The molecule has 1 fully saturated rings. The fourth-order valence-electron chi connectivity index (χ4n) is 4.12. The molecule has 21 heavy (non-hydrogen) atoms. The second kappa shape index (κ2) is 7.06. The molecule has 0 spiro atoms. The maximum absolute atomic E-state index is 5.51. The van der Waals surface area contributed by atoms with Crippen LogP contribution in [0.3, 0.4) is 0 Å². The predicted octanol–water partition coefficient (Wildman–Crippen LogP) is 4.61. The highest BCUT2D eigenvalue weighted by Crippen LogP contribution is 2.36. The molecule has 3 heteroatoms. The summed E-state index contributed by atoms with van der Waals surface area (Å²) in [5, 5.41) is 0. The lowest BCUT2D eigenvalue weighted by Crippen LogP contribution is -2.45. The van der Waals surface area contributed by atoms with Crippen molar-refractivity contribution in [3.05, 3.63) is 28.5 Å². The lowest BCUT2D eigenvalue weighted by atomic mass is 9.83. The fourth-order valence-corrected chi connectivity index (χ4v) is 4.38. The van der Waals surface area contributed by atoms with Gasteiger partial charge in [0.2, 0.25) is 0 Å². The summed E-state index contributed by atoms with van der Waals surface area (Å²) in [5.74, 6) is 1.51. The summed E-state index contributed by atoms with van der Waals surface area (Å²) in [6.45, 7) is 7.24. The molecule has 0 aliphatic carbocycles. The third-order valence-electron chi connectivity index (χ3n) is 5.13. The number of nitrogens with zero attached hydrogens (tertiary/aromatic N) is 2. The second-order valence-electron chi connectivity index (χ2n) is 6.87. The van der Waals surface area contributed by atoms with Gasteiger partial charge in [0.1, 0.15) is 4.64 Å². The number of unbranched alkanes of at least 4 members (excludes halogenated alkanes) is 4. The number of piperidine rings is 1. The third kappa shape index (κ3) is 3.57. The minimum atomic E-state index is 0.705. The smallest absolute Gasteiger partial charge is 0.106 e. The SMILES string of the molecule is CCCCCCCN1C[C@@H]2C[C@H](C1)c1cccc(=S)n1C2. The van der Waals surface area contributed by atoms with E-state index in [2.05, 4.69) is 34.6 Å². The van der Waals surface area contributed by atoms with Gasteiger partial charge in [-0.05, 0) is 37.4 Å². The molecule has 2 aliphatic heterocycles. The van der Waals surface area contributed by atoms with Gasteiger partial charge in [-0.25, -0.2) is 0 Å². The molecule has 3 heterocycles. The maximum atomic E-state index is 5.51. The monoisotopic (exact) mass is 304 g/mol. The van der Waals surface area contributed by atoms with Gasteiger partial charge < -0.3 is 9.47 Å². The third-order valence-corrected chi connectivity index (χ3v) is 5.49. The van der Waals surface area contributed by atoms with E-state index in [9.17, 15) is 0 Å². The predicted molar refractivity (Wildman–Crippen MR) is 91.3 cm³/mol. The van der Waals surface area contributed by atoms with Crippen molar-refractivity contribution in [1.29, 1.82) is 0 Å². The Morgan fingerprint density at radius 1 is 1.10 bits per heavy atom. The number of rotatable bonds is 6. The summed E-state index contributed by atoms with van der Waals surface area (Å²) in [5.41, 5.74) is 1.48. The fraction of sp³-hybridized carbons (Fsp3) is 0.722. The lowest BCUT2D eigenvalue weighted by Gasteiger charge is -2.43. The molecule has 2 aliphatic rings. The van der Waals surface area contributed by atoms with Crippen molar-refractivity contribution in [3.8, 4) is 0 Å². The molecule has 0 radical (unpaired) electrons. The lowest BCUT2D eigenvalue weighted by molar-refractivity contribution is 0.119. The average Bonchev–Trinajstić information content (AvgIpc) is 2.48. The zero-order chi connectivity index (χ0) is 14.7. The van der Waals surface area contributed by atoms with Crippen LogP contribution in [0, 0.1) is 10.6 Å². The Kier molecular flexibility index (Phi) is 5.12. The van der Waals surface area contributed by atoms with E-state index >= 15 is 0 Å². The summed E-state index contributed by atoms with van der Waals surface area (Å²) in [4.78, 5) is 2.71. The number of pyridine rings is 1. The van der Waals surface area contributed by atoms with Gasteiger partial charge in [-0.15, -0.1) is 0 Å². The highest BCUT2D eigenvalue weighted by molar-refractivity contribution is 7.71. The molecule has 0 aromatic carbocycles. The van der Waals surface area contributed by atoms with Gasteiger partial charge in [-0.2, -0.15) is 0 Å². The Bertz CT molecular complexity index is 522. The highest BCUT2D eigenvalue weighted by Gasteiger charge is 2.33. The highest BCUT2D eigenvalue weighted by atomic mass is 32.1. The van der Waals surface area contributed by atoms with E-state index in [0.717, 1.165) is 17.1 Å². The first-order chi connectivity index (χ1) is 10.3. The number of aromatic nitrogens is 1. The van der Waals surface area contributed by atoms with E-state index in [1.54, 1.807) is 0 Å². The molecule has 0 amide bonds. The van der Waals surface area contributed by atoms with Crippen LogP contribution in [0.4, 0.5) is 0 Å². The van der Waals surface area contributed by atoms with E-state index in [0.29, 0.717) is 5.92 Å². The van der Waals surface area contributed by atoms with E-state index in [4.69, 9.17) is 12.2 Å². The molecule has 2 bridgehead atoms.